The van der Waals surface area contributed by atoms with E-state index >= 15 is 0 Å². The fraction of sp³-hybridized carbons (Fsp3) is 0.760. The summed E-state index contributed by atoms with van der Waals surface area (Å²) in [6.45, 7) is 12.0. The third-order valence-electron chi connectivity index (χ3n) is 8.31. The molecule has 4 unspecified atom stereocenters. The number of allylic oxidation sites excluding steroid dienone is 2. The summed E-state index contributed by atoms with van der Waals surface area (Å²) < 4.78 is 0. The standard InChI is InChI=1S/C25H39NO3/c1-16(2)10-13-26-19-14-20(27)23(29)18(22(19)28)15-25(5)17(3)9-12-24(4)11-7-6-8-21(24)25/h14,16-17,21,26,28H,6-13,15H2,1-5H3. The van der Waals surface area contributed by atoms with E-state index in [1.807, 2.05) is 0 Å². The minimum atomic E-state index is -0.520. The lowest BCUT2D eigenvalue weighted by atomic mass is 9.47. The minimum absolute atomic E-state index is 0.00475. The van der Waals surface area contributed by atoms with E-state index in [-0.39, 0.29) is 11.2 Å². The van der Waals surface area contributed by atoms with Crippen molar-refractivity contribution >= 4 is 11.6 Å². The largest absolute Gasteiger partial charge is 0.505 e. The van der Waals surface area contributed by atoms with Crippen molar-refractivity contribution in [3.63, 3.8) is 0 Å². The van der Waals surface area contributed by atoms with E-state index in [1.165, 1.54) is 38.2 Å². The van der Waals surface area contributed by atoms with Crippen LogP contribution in [0.4, 0.5) is 0 Å². The van der Waals surface area contributed by atoms with Gasteiger partial charge < -0.3 is 10.4 Å². The Hall–Kier alpha value is -1.58. The van der Waals surface area contributed by atoms with Gasteiger partial charge in [0.05, 0.1) is 5.70 Å². The van der Waals surface area contributed by atoms with Crippen LogP contribution >= 0.6 is 0 Å². The van der Waals surface area contributed by atoms with Gasteiger partial charge in [-0.05, 0) is 67.1 Å². The first kappa shape index (κ1) is 22.1. The molecule has 2 N–H and O–H groups in total. The number of rotatable bonds is 6. The molecule has 0 saturated heterocycles. The summed E-state index contributed by atoms with van der Waals surface area (Å²) in [6, 6.07) is 0. The molecule has 0 bridgehead atoms. The Morgan fingerprint density at radius 2 is 1.90 bits per heavy atom. The molecule has 2 fully saturated rings. The molecule has 0 radical (unpaired) electrons. The second kappa shape index (κ2) is 8.28. The lowest BCUT2D eigenvalue weighted by Gasteiger charge is -2.58. The number of nitrogens with one attached hydrogen (secondary N) is 1. The molecule has 0 aliphatic heterocycles. The SMILES string of the molecule is CC(C)CCNC1=CC(=O)C(=O)C(CC2(C)C(C)CCC3(C)CCCCC32)=C1O. The van der Waals surface area contributed by atoms with Gasteiger partial charge in [-0.3, -0.25) is 9.59 Å². The molecule has 0 aromatic rings. The zero-order valence-electron chi connectivity index (χ0n) is 18.9. The highest BCUT2D eigenvalue weighted by Crippen LogP contribution is 2.61. The van der Waals surface area contributed by atoms with Crippen molar-refractivity contribution < 1.29 is 14.7 Å². The monoisotopic (exact) mass is 401 g/mol. The number of Topliss-reactive ketones (excluding diaryl/α,β-unsaturated/α-hetero) is 1. The summed E-state index contributed by atoms with van der Waals surface area (Å²) in [5.74, 6) is 0.483. The van der Waals surface area contributed by atoms with Gasteiger partial charge in [0.15, 0.2) is 0 Å². The molecule has 3 aliphatic carbocycles. The molecule has 0 aromatic carbocycles. The number of aliphatic hydroxyl groups is 1. The Labute approximate surface area is 176 Å². The van der Waals surface area contributed by atoms with Crippen molar-refractivity contribution in [3.8, 4) is 0 Å². The van der Waals surface area contributed by atoms with Crippen LogP contribution in [-0.4, -0.2) is 23.2 Å². The Morgan fingerprint density at radius 3 is 2.59 bits per heavy atom. The summed E-state index contributed by atoms with van der Waals surface area (Å²) in [4.78, 5) is 25.2. The fourth-order valence-electron chi connectivity index (χ4n) is 6.20. The summed E-state index contributed by atoms with van der Waals surface area (Å²) in [5, 5.41) is 14.1. The first-order valence-electron chi connectivity index (χ1n) is 11.5. The van der Waals surface area contributed by atoms with E-state index in [2.05, 4.69) is 39.9 Å². The van der Waals surface area contributed by atoms with Crippen LogP contribution in [0.2, 0.25) is 0 Å². The molecule has 3 rings (SSSR count). The lowest BCUT2D eigenvalue weighted by molar-refractivity contribution is -0.132. The molecule has 29 heavy (non-hydrogen) atoms. The molecule has 0 aromatic heterocycles. The summed E-state index contributed by atoms with van der Waals surface area (Å²) >= 11 is 0. The number of aliphatic hydroxyl groups excluding tert-OH is 1. The highest BCUT2D eigenvalue weighted by molar-refractivity contribution is 6.48. The maximum absolute atomic E-state index is 12.8. The number of fused-ring (bicyclic) bond motifs is 1. The number of hydrogen-bond acceptors (Lipinski definition) is 4. The van der Waals surface area contributed by atoms with Gasteiger partial charge in [-0.2, -0.15) is 0 Å². The average molecular weight is 402 g/mol. The van der Waals surface area contributed by atoms with Gasteiger partial charge in [0.1, 0.15) is 5.76 Å². The molecular weight excluding hydrogens is 362 g/mol. The first-order chi connectivity index (χ1) is 13.6. The molecule has 0 amide bonds. The summed E-state index contributed by atoms with van der Waals surface area (Å²) in [7, 11) is 0. The van der Waals surface area contributed by atoms with Crippen LogP contribution in [0, 0.1) is 28.6 Å². The highest BCUT2D eigenvalue weighted by Gasteiger charge is 2.53. The number of ketones is 2. The van der Waals surface area contributed by atoms with Gasteiger partial charge in [-0.1, -0.05) is 47.5 Å². The van der Waals surface area contributed by atoms with Gasteiger partial charge in [-0.15, -0.1) is 0 Å². The number of carbonyl (C=O) groups is 2. The topological polar surface area (TPSA) is 66.4 Å². The van der Waals surface area contributed by atoms with Gasteiger partial charge >= 0.3 is 0 Å². The number of carbonyl (C=O) groups excluding carboxylic acids is 2. The smallest absolute Gasteiger partial charge is 0.232 e. The predicted molar refractivity (Wildman–Crippen MR) is 116 cm³/mol. The maximum atomic E-state index is 12.8. The predicted octanol–water partition coefficient (Wildman–Crippen LogP) is 5.49. The van der Waals surface area contributed by atoms with Crippen molar-refractivity contribution in [2.24, 2.45) is 28.6 Å². The van der Waals surface area contributed by atoms with E-state index in [1.54, 1.807) is 0 Å². The van der Waals surface area contributed by atoms with Crippen molar-refractivity contribution in [1.82, 2.24) is 5.32 Å². The van der Waals surface area contributed by atoms with Crippen LogP contribution in [0.5, 0.6) is 0 Å². The van der Waals surface area contributed by atoms with Gasteiger partial charge in [0.2, 0.25) is 11.6 Å². The average Bonchev–Trinajstić information content (AvgIpc) is 2.66. The molecule has 3 aliphatic rings. The van der Waals surface area contributed by atoms with E-state index in [4.69, 9.17) is 0 Å². The van der Waals surface area contributed by atoms with Gasteiger partial charge in [-0.25, -0.2) is 0 Å². The second-order valence-corrected chi connectivity index (χ2v) is 10.8. The second-order valence-electron chi connectivity index (χ2n) is 10.8. The van der Waals surface area contributed by atoms with Crippen molar-refractivity contribution in [2.75, 3.05) is 6.54 Å². The van der Waals surface area contributed by atoms with E-state index in [0.717, 1.165) is 12.8 Å². The van der Waals surface area contributed by atoms with Crippen LogP contribution in [-0.2, 0) is 9.59 Å². The Bertz CT molecular complexity index is 734. The molecule has 0 heterocycles. The van der Waals surface area contributed by atoms with Crippen LogP contribution in [0.1, 0.15) is 86.0 Å². The van der Waals surface area contributed by atoms with Crippen LogP contribution in [0.25, 0.3) is 0 Å². The lowest BCUT2D eigenvalue weighted by Crippen LogP contribution is -2.50. The van der Waals surface area contributed by atoms with Crippen molar-refractivity contribution in [2.45, 2.75) is 86.0 Å². The Morgan fingerprint density at radius 1 is 1.17 bits per heavy atom. The third-order valence-corrected chi connectivity index (χ3v) is 8.31. The molecule has 0 spiro atoms. The highest BCUT2D eigenvalue weighted by atomic mass is 16.3. The van der Waals surface area contributed by atoms with E-state index in [0.29, 0.717) is 47.4 Å². The quantitative estimate of drug-likeness (QED) is 0.456. The maximum Gasteiger partial charge on any atom is 0.232 e. The number of hydrogen-bond donors (Lipinski definition) is 2. The molecular formula is C25H39NO3. The van der Waals surface area contributed by atoms with Gasteiger partial charge in [0.25, 0.3) is 0 Å². The Balaban J connectivity index is 1.89. The summed E-state index contributed by atoms with van der Waals surface area (Å²) in [6.07, 6.45) is 10.1. The zero-order valence-corrected chi connectivity index (χ0v) is 18.9. The molecule has 4 nitrogen and oxygen atoms in total. The molecule has 4 atom stereocenters. The minimum Gasteiger partial charge on any atom is -0.505 e. The van der Waals surface area contributed by atoms with E-state index < -0.39 is 11.6 Å². The van der Waals surface area contributed by atoms with Crippen molar-refractivity contribution in [3.05, 3.63) is 23.1 Å². The first-order valence-corrected chi connectivity index (χ1v) is 11.5. The van der Waals surface area contributed by atoms with Gasteiger partial charge in [0, 0.05) is 18.2 Å². The molecule has 162 valence electrons. The van der Waals surface area contributed by atoms with Crippen molar-refractivity contribution in [1.29, 1.82) is 0 Å². The van der Waals surface area contributed by atoms with E-state index in [9.17, 15) is 14.7 Å². The van der Waals surface area contributed by atoms with Crippen LogP contribution < -0.4 is 5.32 Å². The Kier molecular flexibility index (Phi) is 6.31. The van der Waals surface area contributed by atoms with Crippen LogP contribution in [0.3, 0.4) is 0 Å². The van der Waals surface area contributed by atoms with Crippen LogP contribution in [0.15, 0.2) is 23.1 Å². The fourth-order valence-corrected chi connectivity index (χ4v) is 6.20. The zero-order chi connectivity index (χ0) is 21.4. The summed E-state index contributed by atoms with van der Waals surface area (Å²) in [5.41, 5.74) is 0.982. The third kappa shape index (κ3) is 4.18. The molecule has 4 heteroatoms. The molecule has 2 saturated carbocycles. The normalized spacial score (nSPS) is 35.6.